The van der Waals surface area contributed by atoms with E-state index in [0.29, 0.717) is 5.92 Å². The first kappa shape index (κ1) is 32.4. The number of nitrogens with zero attached hydrogens (tertiary/aromatic N) is 3. The summed E-state index contributed by atoms with van der Waals surface area (Å²) in [5.74, 6) is 1.61. The Morgan fingerprint density at radius 1 is 0.712 bits per heavy atom. The molecule has 0 radical (unpaired) electrons. The van der Waals surface area contributed by atoms with Crippen LogP contribution in [0.25, 0.3) is 50.5 Å². The highest BCUT2D eigenvalue weighted by Gasteiger charge is 2.58. The highest BCUT2D eigenvalue weighted by Crippen LogP contribution is 2.54. The largest absolute Gasteiger partial charge is 0.296 e. The van der Waals surface area contributed by atoms with Crippen molar-refractivity contribution in [3.05, 3.63) is 174 Å². The van der Waals surface area contributed by atoms with E-state index < -0.39 is 0 Å². The molecular formula is C49H47N3+2. The number of hydrogen-bond donors (Lipinski definition) is 0. The normalized spacial score (nSPS) is 20.1. The molecule has 9 rings (SSSR count). The molecule has 2 aliphatic rings. The first-order valence-electron chi connectivity index (χ1n) is 19.0. The molecule has 0 amide bonds. The second-order valence-electron chi connectivity index (χ2n) is 15.0. The van der Waals surface area contributed by atoms with Gasteiger partial charge in [0.05, 0.1) is 11.1 Å². The zero-order chi connectivity index (χ0) is 35.6. The molecule has 2 aromatic heterocycles. The third-order valence-electron chi connectivity index (χ3n) is 12.7. The van der Waals surface area contributed by atoms with Crippen molar-refractivity contribution in [2.75, 3.05) is 0 Å². The van der Waals surface area contributed by atoms with E-state index in [-0.39, 0.29) is 11.0 Å². The lowest BCUT2D eigenvalue weighted by atomic mass is 9.60. The molecule has 0 fully saturated rings. The van der Waals surface area contributed by atoms with Crippen LogP contribution in [-0.2, 0) is 24.4 Å². The van der Waals surface area contributed by atoms with Crippen molar-refractivity contribution in [1.29, 1.82) is 0 Å². The number of benzene rings is 5. The Morgan fingerprint density at radius 2 is 1.46 bits per heavy atom. The summed E-state index contributed by atoms with van der Waals surface area (Å²) in [6, 6.07) is 49.5. The van der Waals surface area contributed by atoms with Gasteiger partial charge in [0.25, 0.3) is 5.82 Å². The summed E-state index contributed by atoms with van der Waals surface area (Å²) in [6.07, 6.45) is 10.0. The lowest BCUT2D eigenvalue weighted by Gasteiger charge is -2.48. The minimum Gasteiger partial charge on any atom is -0.212 e. The fourth-order valence-electron chi connectivity index (χ4n) is 9.79. The maximum absolute atomic E-state index is 2.75. The van der Waals surface area contributed by atoms with Gasteiger partial charge in [-0.25, -0.2) is 9.13 Å². The molecule has 0 saturated heterocycles. The van der Waals surface area contributed by atoms with Gasteiger partial charge in [-0.2, -0.15) is 4.57 Å². The number of allylic oxidation sites excluding steroid dienone is 2. The molecule has 3 nitrogen and oxygen atoms in total. The predicted molar refractivity (Wildman–Crippen MR) is 214 cm³/mol. The zero-order valence-electron chi connectivity index (χ0n) is 31.0. The van der Waals surface area contributed by atoms with Gasteiger partial charge in [-0.1, -0.05) is 125 Å². The molecule has 0 bridgehead atoms. The average Bonchev–Trinajstić information content (AvgIpc) is 3.55. The van der Waals surface area contributed by atoms with Crippen molar-refractivity contribution in [2.45, 2.75) is 63.8 Å². The van der Waals surface area contributed by atoms with Crippen LogP contribution >= 0.6 is 0 Å². The van der Waals surface area contributed by atoms with Gasteiger partial charge >= 0.3 is 0 Å². The van der Waals surface area contributed by atoms with Gasteiger partial charge in [0.1, 0.15) is 18.3 Å². The van der Waals surface area contributed by atoms with Crippen molar-refractivity contribution < 1.29 is 9.13 Å². The third kappa shape index (κ3) is 4.51. The molecular weight excluding hydrogens is 631 g/mol. The summed E-state index contributed by atoms with van der Waals surface area (Å²) in [5.41, 5.74) is 15.4. The first-order valence-corrected chi connectivity index (χ1v) is 19.0. The minimum absolute atomic E-state index is 0.146. The topological polar surface area (TPSA) is 12.7 Å². The van der Waals surface area contributed by atoms with Crippen LogP contribution in [0, 0.1) is 0 Å². The summed E-state index contributed by atoms with van der Waals surface area (Å²) >= 11 is 0. The van der Waals surface area contributed by atoms with E-state index in [9.17, 15) is 0 Å². The maximum atomic E-state index is 2.75. The number of aryl methyl sites for hydroxylation is 1. The number of rotatable bonds is 7. The van der Waals surface area contributed by atoms with Gasteiger partial charge in [-0.05, 0) is 77.9 Å². The van der Waals surface area contributed by atoms with Crippen LogP contribution in [0.4, 0.5) is 0 Å². The molecule has 2 aliphatic heterocycles. The molecule has 3 atom stereocenters. The highest BCUT2D eigenvalue weighted by atomic mass is 15.2. The Kier molecular flexibility index (Phi) is 7.66. The van der Waals surface area contributed by atoms with E-state index in [4.69, 9.17) is 0 Å². The summed E-state index contributed by atoms with van der Waals surface area (Å²) in [6.45, 7) is 9.67. The number of imidazole rings is 1. The second-order valence-corrected chi connectivity index (χ2v) is 15.0. The summed E-state index contributed by atoms with van der Waals surface area (Å²) in [7, 11) is 2.15. The molecule has 5 aromatic carbocycles. The maximum Gasteiger partial charge on any atom is 0.296 e. The van der Waals surface area contributed by atoms with E-state index in [1.165, 1.54) is 72.7 Å². The zero-order valence-corrected chi connectivity index (χ0v) is 31.0. The Hall–Kier alpha value is -5.54. The van der Waals surface area contributed by atoms with Crippen LogP contribution in [-0.4, -0.2) is 4.57 Å². The first-order chi connectivity index (χ1) is 25.4. The van der Waals surface area contributed by atoms with E-state index in [0.717, 1.165) is 19.3 Å². The standard InChI is InChI=1S/C49H47N3/c1-6-48(4)42-25-13-11-23-40(42)47-51-44-27-14-12-22-38(44)34(3)39-24-17-28-45(46(39)51)52(47)49(48,7-2)31-18-21-36-29-30-37(35-19-9-8-10-20-35)33-41(36)43-26-15-16-32-50(43)5/h8-20,22-34H,6-7,21H2,1-5H3/q+2. The van der Waals surface area contributed by atoms with Gasteiger partial charge in [-0.3, -0.25) is 0 Å². The Balaban J connectivity index is 1.27. The fourth-order valence-corrected chi connectivity index (χ4v) is 9.79. The molecule has 0 spiro atoms. The van der Waals surface area contributed by atoms with Crippen molar-refractivity contribution in [3.63, 3.8) is 0 Å². The van der Waals surface area contributed by atoms with Gasteiger partial charge in [0.15, 0.2) is 17.2 Å². The van der Waals surface area contributed by atoms with Crippen LogP contribution in [0.15, 0.2) is 152 Å². The molecule has 3 unspecified atom stereocenters. The molecule has 52 heavy (non-hydrogen) atoms. The van der Waals surface area contributed by atoms with Gasteiger partial charge in [0.2, 0.25) is 5.69 Å². The Morgan fingerprint density at radius 3 is 2.27 bits per heavy atom. The van der Waals surface area contributed by atoms with E-state index in [1.807, 2.05) is 0 Å². The summed E-state index contributed by atoms with van der Waals surface area (Å²) < 4.78 is 7.59. The molecule has 4 heterocycles. The Bertz CT molecular complexity index is 2520. The van der Waals surface area contributed by atoms with Crippen LogP contribution < -0.4 is 9.13 Å². The molecule has 0 aliphatic carbocycles. The van der Waals surface area contributed by atoms with Crippen molar-refractivity contribution in [1.82, 2.24) is 4.57 Å². The third-order valence-corrected chi connectivity index (χ3v) is 12.7. The molecule has 0 N–H and O–H groups in total. The van der Waals surface area contributed by atoms with Gasteiger partial charge in [-0.15, -0.1) is 0 Å². The summed E-state index contributed by atoms with van der Waals surface area (Å²) in [5, 5.41) is 0. The van der Waals surface area contributed by atoms with Crippen LogP contribution in [0.5, 0.6) is 0 Å². The number of hydrogen-bond acceptors (Lipinski definition) is 0. The van der Waals surface area contributed by atoms with Crippen LogP contribution in [0.2, 0.25) is 0 Å². The molecule has 3 heteroatoms. The van der Waals surface area contributed by atoms with E-state index >= 15 is 0 Å². The van der Waals surface area contributed by atoms with Crippen molar-refractivity contribution in [2.24, 2.45) is 7.05 Å². The lowest BCUT2D eigenvalue weighted by molar-refractivity contribution is -0.733. The number of aromatic nitrogens is 3. The quantitative estimate of drug-likeness (QED) is 0.118. The molecule has 256 valence electrons. The number of pyridine rings is 1. The van der Waals surface area contributed by atoms with E-state index in [1.54, 1.807) is 0 Å². The molecule has 7 aromatic rings. The smallest absolute Gasteiger partial charge is 0.212 e. The van der Waals surface area contributed by atoms with Crippen LogP contribution in [0.1, 0.15) is 68.7 Å². The van der Waals surface area contributed by atoms with Crippen LogP contribution in [0.3, 0.4) is 0 Å². The number of fused-ring (bicyclic) bond motifs is 7. The molecule has 0 saturated carbocycles. The average molecular weight is 678 g/mol. The monoisotopic (exact) mass is 677 g/mol. The minimum atomic E-state index is -0.308. The van der Waals surface area contributed by atoms with Gasteiger partial charge < -0.3 is 0 Å². The van der Waals surface area contributed by atoms with Gasteiger partial charge in [0, 0.05) is 34.6 Å². The second kappa shape index (κ2) is 12.3. The van der Waals surface area contributed by atoms with Crippen molar-refractivity contribution >= 4 is 11.0 Å². The number of para-hydroxylation sites is 2. The lowest BCUT2D eigenvalue weighted by Crippen LogP contribution is -2.68. The Labute approximate surface area is 308 Å². The van der Waals surface area contributed by atoms with E-state index in [2.05, 4.69) is 200 Å². The van der Waals surface area contributed by atoms with Crippen molar-refractivity contribution in [3.8, 4) is 39.5 Å². The highest BCUT2D eigenvalue weighted by molar-refractivity contribution is 5.87. The summed E-state index contributed by atoms with van der Waals surface area (Å²) in [4.78, 5) is 0. The SMILES string of the molecule is CCC1(C)c2ccccc2-c2n3c4c(cccc4[n+]2C1(C=CCc1ccc(-c2ccccc2)cc1-c1cccc[n+]1C)CC)C(C)c1ccccc1-3. The fraction of sp³-hybridized carbons (Fsp3) is 0.224. The predicted octanol–water partition coefficient (Wildman–Crippen LogP) is 10.8.